The van der Waals surface area contributed by atoms with Crippen molar-refractivity contribution in [2.24, 2.45) is 11.8 Å². The van der Waals surface area contributed by atoms with Crippen LogP contribution in [0.3, 0.4) is 0 Å². The number of nitrogens with zero attached hydrogens (tertiary/aromatic N) is 2. The van der Waals surface area contributed by atoms with E-state index in [0.717, 1.165) is 41.3 Å². The van der Waals surface area contributed by atoms with Gasteiger partial charge in [0, 0.05) is 19.1 Å². The Hall–Kier alpha value is -0.540. The summed E-state index contributed by atoms with van der Waals surface area (Å²) in [5.74, 6) is 1.65. The fourth-order valence-electron chi connectivity index (χ4n) is 3.38. The second-order valence-electron chi connectivity index (χ2n) is 5.75. The van der Waals surface area contributed by atoms with Crippen LogP contribution in [-0.4, -0.2) is 15.8 Å². The van der Waals surface area contributed by atoms with Gasteiger partial charge in [0.25, 0.3) is 0 Å². The molecule has 3 unspecified atom stereocenters. The minimum Gasteiger partial charge on any atom is -0.308 e. The highest BCUT2D eigenvalue weighted by molar-refractivity contribution is 6.31. The molecule has 0 radical (unpaired) electrons. The van der Waals surface area contributed by atoms with Gasteiger partial charge in [-0.15, -0.1) is 0 Å². The van der Waals surface area contributed by atoms with Crippen molar-refractivity contribution < 1.29 is 0 Å². The molecule has 1 aliphatic rings. The van der Waals surface area contributed by atoms with E-state index in [1.807, 2.05) is 11.6 Å². The highest BCUT2D eigenvalue weighted by atomic mass is 35.5. The van der Waals surface area contributed by atoms with Crippen LogP contribution in [0, 0.1) is 18.8 Å². The first-order valence-electron chi connectivity index (χ1n) is 7.53. The Morgan fingerprint density at radius 3 is 2.68 bits per heavy atom. The third kappa shape index (κ3) is 2.97. The maximum absolute atomic E-state index is 6.35. The second kappa shape index (κ2) is 6.27. The van der Waals surface area contributed by atoms with Crippen LogP contribution in [0.1, 0.15) is 51.4 Å². The number of rotatable bonds is 5. The standard InChI is InChI=1S/C15H26ClN3/c1-5-12-7-8-13(10(12)3)17-9-14-15(16)11(4)18-19(14)6-2/h10,12-13,17H,5-9H2,1-4H3. The first kappa shape index (κ1) is 14.9. The number of halogens is 1. The van der Waals surface area contributed by atoms with Gasteiger partial charge in [-0.2, -0.15) is 5.10 Å². The maximum atomic E-state index is 6.35. The van der Waals surface area contributed by atoms with Crippen molar-refractivity contribution in [2.75, 3.05) is 0 Å². The second-order valence-corrected chi connectivity index (χ2v) is 6.13. The van der Waals surface area contributed by atoms with Crippen LogP contribution in [0.25, 0.3) is 0 Å². The summed E-state index contributed by atoms with van der Waals surface area (Å²) >= 11 is 6.35. The Morgan fingerprint density at radius 1 is 1.37 bits per heavy atom. The summed E-state index contributed by atoms with van der Waals surface area (Å²) in [4.78, 5) is 0. The molecule has 1 saturated carbocycles. The average Bonchev–Trinajstić information content (AvgIpc) is 2.89. The molecule has 19 heavy (non-hydrogen) atoms. The molecule has 0 aliphatic heterocycles. The van der Waals surface area contributed by atoms with E-state index in [0.29, 0.717) is 6.04 Å². The van der Waals surface area contributed by atoms with Crippen LogP contribution >= 0.6 is 11.6 Å². The van der Waals surface area contributed by atoms with E-state index in [1.54, 1.807) is 0 Å². The summed E-state index contributed by atoms with van der Waals surface area (Å²) in [6, 6.07) is 0.626. The average molecular weight is 284 g/mol. The molecule has 0 bridgehead atoms. The summed E-state index contributed by atoms with van der Waals surface area (Å²) in [7, 11) is 0. The first-order chi connectivity index (χ1) is 9.08. The highest BCUT2D eigenvalue weighted by Crippen LogP contribution is 2.34. The van der Waals surface area contributed by atoms with Crippen molar-refractivity contribution in [1.82, 2.24) is 15.1 Å². The zero-order chi connectivity index (χ0) is 14.0. The lowest BCUT2D eigenvalue weighted by Crippen LogP contribution is -2.33. The predicted octanol–water partition coefficient (Wildman–Crippen LogP) is 3.78. The number of nitrogens with one attached hydrogen (secondary N) is 1. The lowest BCUT2D eigenvalue weighted by atomic mass is 9.93. The van der Waals surface area contributed by atoms with Crippen molar-refractivity contribution in [3.63, 3.8) is 0 Å². The van der Waals surface area contributed by atoms with Gasteiger partial charge in [0.2, 0.25) is 0 Å². The molecular formula is C15H26ClN3. The third-order valence-electron chi connectivity index (χ3n) is 4.74. The van der Waals surface area contributed by atoms with Crippen LogP contribution < -0.4 is 5.32 Å². The summed E-state index contributed by atoms with van der Waals surface area (Å²) in [6.07, 6.45) is 3.94. The van der Waals surface area contributed by atoms with E-state index in [2.05, 4.69) is 31.2 Å². The molecule has 1 heterocycles. The van der Waals surface area contributed by atoms with Crippen molar-refractivity contribution in [1.29, 1.82) is 0 Å². The van der Waals surface area contributed by atoms with Crippen molar-refractivity contribution >= 4 is 11.6 Å². The van der Waals surface area contributed by atoms with Gasteiger partial charge in [0.1, 0.15) is 0 Å². The number of hydrogen-bond acceptors (Lipinski definition) is 2. The van der Waals surface area contributed by atoms with E-state index in [1.165, 1.54) is 19.3 Å². The topological polar surface area (TPSA) is 29.9 Å². The molecule has 0 amide bonds. The molecule has 1 aliphatic carbocycles. The minimum atomic E-state index is 0.626. The van der Waals surface area contributed by atoms with Crippen LogP contribution in [-0.2, 0) is 13.1 Å². The van der Waals surface area contributed by atoms with Gasteiger partial charge in [-0.05, 0) is 38.5 Å². The Labute approximate surface area is 121 Å². The van der Waals surface area contributed by atoms with E-state index >= 15 is 0 Å². The largest absolute Gasteiger partial charge is 0.308 e. The summed E-state index contributed by atoms with van der Waals surface area (Å²) in [5, 5.41) is 8.99. The molecule has 0 spiro atoms. The zero-order valence-corrected chi connectivity index (χ0v) is 13.3. The van der Waals surface area contributed by atoms with E-state index < -0.39 is 0 Å². The first-order valence-corrected chi connectivity index (χ1v) is 7.91. The Balaban J connectivity index is 2.00. The number of aromatic nitrogens is 2. The van der Waals surface area contributed by atoms with Gasteiger partial charge >= 0.3 is 0 Å². The molecule has 3 nitrogen and oxygen atoms in total. The van der Waals surface area contributed by atoms with Crippen molar-refractivity contribution in [3.05, 3.63) is 16.4 Å². The molecule has 1 aromatic heterocycles. The summed E-state index contributed by atoms with van der Waals surface area (Å²) in [6.45, 7) is 10.5. The number of hydrogen-bond donors (Lipinski definition) is 1. The van der Waals surface area contributed by atoms with Gasteiger partial charge < -0.3 is 5.32 Å². The molecule has 1 aromatic rings. The minimum absolute atomic E-state index is 0.626. The summed E-state index contributed by atoms with van der Waals surface area (Å²) < 4.78 is 2.02. The maximum Gasteiger partial charge on any atom is 0.0860 e. The van der Waals surface area contributed by atoms with Crippen LogP contribution in [0.4, 0.5) is 0 Å². The van der Waals surface area contributed by atoms with Crippen molar-refractivity contribution in [2.45, 2.75) is 66.1 Å². The lowest BCUT2D eigenvalue weighted by molar-refractivity contribution is 0.341. The Morgan fingerprint density at radius 2 is 2.11 bits per heavy atom. The van der Waals surface area contributed by atoms with Crippen LogP contribution in [0.15, 0.2) is 0 Å². The monoisotopic (exact) mass is 283 g/mol. The smallest absolute Gasteiger partial charge is 0.0860 e. The molecule has 108 valence electrons. The zero-order valence-electron chi connectivity index (χ0n) is 12.5. The van der Waals surface area contributed by atoms with E-state index in [4.69, 9.17) is 11.6 Å². The summed E-state index contributed by atoms with van der Waals surface area (Å²) in [5.41, 5.74) is 2.07. The van der Waals surface area contributed by atoms with Crippen LogP contribution in [0.5, 0.6) is 0 Å². The van der Waals surface area contributed by atoms with E-state index in [9.17, 15) is 0 Å². The molecule has 1 fully saturated rings. The molecule has 1 N–H and O–H groups in total. The molecule has 4 heteroatoms. The van der Waals surface area contributed by atoms with Crippen LogP contribution in [0.2, 0.25) is 5.02 Å². The normalized spacial score (nSPS) is 27.1. The molecule has 3 atom stereocenters. The van der Waals surface area contributed by atoms with Gasteiger partial charge in [-0.3, -0.25) is 4.68 Å². The lowest BCUT2D eigenvalue weighted by Gasteiger charge is -2.21. The van der Waals surface area contributed by atoms with Gasteiger partial charge in [-0.25, -0.2) is 0 Å². The molecular weight excluding hydrogens is 258 g/mol. The van der Waals surface area contributed by atoms with E-state index in [-0.39, 0.29) is 0 Å². The number of aryl methyl sites for hydroxylation is 2. The fourth-order valence-corrected chi connectivity index (χ4v) is 3.58. The highest BCUT2D eigenvalue weighted by Gasteiger charge is 2.31. The molecule has 0 aromatic carbocycles. The van der Waals surface area contributed by atoms with Gasteiger partial charge in [-0.1, -0.05) is 31.9 Å². The predicted molar refractivity (Wildman–Crippen MR) is 80.5 cm³/mol. The van der Waals surface area contributed by atoms with Gasteiger partial charge in [0.05, 0.1) is 16.4 Å². The Bertz CT molecular complexity index is 427. The molecule has 0 saturated heterocycles. The Kier molecular flexibility index (Phi) is 4.91. The SMILES string of the molecule is CCC1CCC(NCc2c(Cl)c(C)nn2CC)C1C. The quantitative estimate of drug-likeness (QED) is 0.891. The van der Waals surface area contributed by atoms with Gasteiger partial charge in [0.15, 0.2) is 0 Å². The third-order valence-corrected chi connectivity index (χ3v) is 5.23. The van der Waals surface area contributed by atoms with Crippen molar-refractivity contribution in [3.8, 4) is 0 Å². The molecule has 2 rings (SSSR count). The fraction of sp³-hybridized carbons (Fsp3) is 0.800.